The first-order chi connectivity index (χ1) is 8.88. The number of nitrogens with zero attached hydrogens (tertiary/aromatic N) is 1. The van der Waals surface area contributed by atoms with Crippen LogP contribution in [0.1, 0.15) is 61.8 Å². The number of hydrogen-bond acceptors (Lipinski definition) is 3. The molecule has 1 heterocycles. The maximum atomic E-state index is 12.2. The average Bonchev–Trinajstić information content (AvgIpc) is 2.76. The first-order valence-corrected chi connectivity index (χ1v) is 6.89. The van der Waals surface area contributed by atoms with Crippen LogP contribution in [0.25, 0.3) is 0 Å². The lowest BCUT2D eigenvalue weighted by molar-refractivity contribution is 0.0848. The van der Waals surface area contributed by atoms with E-state index in [9.17, 15) is 9.90 Å². The van der Waals surface area contributed by atoms with Crippen molar-refractivity contribution in [3.8, 4) is 0 Å². The van der Waals surface area contributed by atoms with Crippen molar-refractivity contribution in [3.05, 3.63) is 17.0 Å². The normalized spacial score (nSPS) is 14.5. The Morgan fingerprint density at radius 1 is 1.42 bits per heavy atom. The van der Waals surface area contributed by atoms with Crippen LogP contribution in [-0.2, 0) is 0 Å². The molecule has 0 saturated carbocycles. The summed E-state index contributed by atoms with van der Waals surface area (Å²) in [6.45, 7) is 10.1. The Morgan fingerprint density at radius 2 is 2.05 bits per heavy atom. The summed E-state index contributed by atoms with van der Waals surface area (Å²) in [4.78, 5) is 12.2. The zero-order valence-electron chi connectivity index (χ0n) is 12.4. The largest absolute Gasteiger partial charge is 0.391 e. The number of hydrogen-bond donors (Lipinski definition) is 3. The monoisotopic (exact) mass is 267 g/mol. The second-order valence-corrected chi connectivity index (χ2v) is 5.43. The van der Waals surface area contributed by atoms with Gasteiger partial charge >= 0.3 is 0 Å². The number of aliphatic hydroxyl groups is 1. The summed E-state index contributed by atoms with van der Waals surface area (Å²) in [5.74, 6) is 0.192. The van der Waals surface area contributed by atoms with Gasteiger partial charge in [-0.25, -0.2) is 0 Å². The van der Waals surface area contributed by atoms with Crippen LogP contribution in [0.3, 0.4) is 0 Å². The van der Waals surface area contributed by atoms with E-state index in [1.165, 1.54) is 0 Å². The molecule has 0 aliphatic rings. The number of rotatable bonds is 6. The Hall–Kier alpha value is -1.36. The predicted molar refractivity (Wildman–Crippen MR) is 75.2 cm³/mol. The molecular formula is C14H25N3O2. The minimum absolute atomic E-state index is 0.169. The van der Waals surface area contributed by atoms with E-state index in [-0.39, 0.29) is 24.3 Å². The number of carbonyl (C=O) groups excluding carboxylic acids is 1. The maximum absolute atomic E-state index is 12.2. The molecule has 1 amide bonds. The molecule has 5 heteroatoms. The van der Waals surface area contributed by atoms with Gasteiger partial charge in [-0.15, -0.1) is 0 Å². The van der Waals surface area contributed by atoms with Gasteiger partial charge in [0, 0.05) is 12.2 Å². The van der Waals surface area contributed by atoms with Gasteiger partial charge in [-0.05, 0) is 18.8 Å². The van der Waals surface area contributed by atoms with Gasteiger partial charge in [0.2, 0.25) is 0 Å². The van der Waals surface area contributed by atoms with Crippen molar-refractivity contribution in [1.82, 2.24) is 15.5 Å². The van der Waals surface area contributed by atoms with Gasteiger partial charge < -0.3 is 10.4 Å². The summed E-state index contributed by atoms with van der Waals surface area (Å²) in [6, 6.07) is 0. The van der Waals surface area contributed by atoms with Gasteiger partial charge in [0.05, 0.1) is 17.4 Å². The summed E-state index contributed by atoms with van der Waals surface area (Å²) < 4.78 is 0. The molecule has 19 heavy (non-hydrogen) atoms. The van der Waals surface area contributed by atoms with Crippen molar-refractivity contribution in [3.63, 3.8) is 0 Å². The van der Waals surface area contributed by atoms with E-state index in [1.54, 1.807) is 0 Å². The topological polar surface area (TPSA) is 78.0 Å². The molecule has 108 valence electrons. The molecule has 1 rings (SSSR count). The second kappa shape index (κ2) is 6.70. The zero-order chi connectivity index (χ0) is 14.6. The van der Waals surface area contributed by atoms with E-state index in [4.69, 9.17) is 0 Å². The van der Waals surface area contributed by atoms with E-state index >= 15 is 0 Å². The van der Waals surface area contributed by atoms with Crippen LogP contribution >= 0.6 is 0 Å². The van der Waals surface area contributed by atoms with Crippen LogP contribution in [0.15, 0.2) is 0 Å². The molecule has 0 fully saturated rings. The molecule has 1 aromatic heterocycles. The molecular weight excluding hydrogens is 242 g/mol. The van der Waals surface area contributed by atoms with E-state index in [0.717, 1.165) is 17.8 Å². The summed E-state index contributed by atoms with van der Waals surface area (Å²) in [5, 5.41) is 19.7. The smallest absolute Gasteiger partial charge is 0.255 e. The number of aliphatic hydroxyl groups excluding tert-OH is 1. The molecule has 0 aromatic carbocycles. The maximum Gasteiger partial charge on any atom is 0.255 e. The molecule has 0 aliphatic carbocycles. The van der Waals surface area contributed by atoms with Gasteiger partial charge in [0.25, 0.3) is 5.91 Å². The van der Waals surface area contributed by atoms with Crippen LogP contribution in [0.2, 0.25) is 0 Å². The SMILES string of the molecule is CCC(C)C(O)CNC(=O)c1c(C(C)C)n[nH]c1C. The van der Waals surface area contributed by atoms with Crippen LogP contribution < -0.4 is 5.32 Å². The number of aromatic nitrogens is 2. The molecule has 2 unspecified atom stereocenters. The van der Waals surface area contributed by atoms with Crippen molar-refractivity contribution in [1.29, 1.82) is 0 Å². The van der Waals surface area contributed by atoms with Gasteiger partial charge in [0.15, 0.2) is 0 Å². The highest BCUT2D eigenvalue weighted by atomic mass is 16.3. The van der Waals surface area contributed by atoms with Crippen molar-refractivity contribution in [2.45, 2.75) is 53.1 Å². The lowest BCUT2D eigenvalue weighted by Crippen LogP contribution is -2.35. The van der Waals surface area contributed by atoms with Crippen molar-refractivity contribution >= 4 is 5.91 Å². The van der Waals surface area contributed by atoms with Crippen LogP contribution in [0.4, 0.5) is 0 Å². The van der Waals surface area contributed by atoms with Crippen LogP contribution in [-0.4, -0.2) is 33.9 Å². The quantitative estimate of drug-likeness (QED) is 0.737. The highest BCUT2D eigenvalue weighted by Crippen LogP contribution is 2.19. The molecule has 5 nitrogen and oxygen atoms in total. The summed E-state index contributed by atoms with van der Waals surface area (Å²) in [5.41, 5.74) is 2.14. The Labute approximate surface area is 114 Å². The third-order valence-corrected chi connectivity index (χ3v) is 3.52. The first-order valence-electron chi connectivity index (χ1n) is 6.89. The molecule has 1 aromatic rings. The van der Waals surface area contributed by atoms with E-state index in [0.29, 0.717) is 5.56 Å². The molecule has 0 spiro atoms. The fourth-order valence-electron chi connectivity index (χ4n) is 1.91. The van der Waals surface area contributed by atoms with Gasteiger partial charge in [-0.3, -0.25) is 9.89 Å². The molecule has 3 N–H and O–H groups in total. The van der Waals surface area contributed by atoms with Gasteiger partial charge in [-0.1, -0.05) is 34.1 Å². The van der Waals surface area contributed by atoms with Crippen LogP contribution in [0, 0.1) is 12.8 Å². The number of aromatic amines is 1. The molecule has 0 radical (unpaired) electrons. The fraction of sp³-hybridized carbons (Fsp3) is 0.714. The van der Waals surface area contributed by atoms with Crippen molar-refractivity contribution in [2.24, 2.45) is 5.92 Å². The Morgan fingerprint density at radius 3 is 2.58 bits per heavy atom. The Balaban J connectivity index is 2.71. The minimum atomic E-state index is -0.511. The Bertz CT molecular complexity index is 426. The van der Waals surface area contributed by atoms with E-state index < -0.39 is 6.10 Å². The number of carbonyl (C=O) groups is 1. The average molecular weight is 267 g/mol. The van der Waals surface area contributed by atoms with Crippen LogP contribution in [0.5, 0.6) is 0 Å². The summed E-state index contributed by atoms with van der Waals surface area (Å²) in [7, 11) is 0. The Kier molecular flexibility index (Phi) is 5.54. The lowest BCUT2D eigenvalue weighted by Gasteiger charge is -2.17. The first kappa shape index (κ1) is 15.7. The van der Waals surface area contributed by atoms with Crippen molar-refractivity contribution in [2.75, 3.05) is 6.54 Å². The standard InChI is InChI=1S/C14H25N3O2/c1-6-9(4)11(18)7-15-14(19)12-10(5)16-17-13(12)8(2)3/h8-9,11,18H,6-7H2,1-5H3,(H,15,19)(H,16,17). The van der Waals surface area contributed by atoms with E-state index in [1.807, 2.05) is 34.6 Å². The van der Waals surface area contributed by atoms with E-state index in [2.05, 4.69) is 15.5 Å². The number of nitrogens with one attached hydrogen (secondary N) is 2. The zero-order valence-corrected chi connectivity index (χ0v) is 12.4. The molecule has 0 aliphatic heterocycles. The van der Waals surface area contributed by atoms with Gasteiger partial charge in [-0.2, -0.15) is 5.10 Å². The van der Waals surface area contributed by atoms with Crippen molar-refractivity contribution < 1.29 is 9.90 Å². The highest BCUT2D eigenvalue weighted by Gasteiger charge is 2.21. The third-order valence-electron chi connectivity index (χ3n) is 3.52. The summed E-state index contributed by atoms with van der Waals surface area (Å²) >= 11 is 0. The third kappa shape index (κ3) is 3.80. The number of amides is 1. The molecule has 2 atom stereocenters. The minimum Gasteiger partial charge on any atom is -0.391 e. The highest BCUT2D eigenvalue weighted by molar-refractivity contribution is 5.96. The molecule has 0 bridgehead atoms. The number of aryl methyl sites for hydroxylation is 1. The second-order valence-electron chi connectivity index (χ2n) is 5.43. The predicted octanol–water partition coefficient (Wildman–Crippen LogP) is 1.98. The summed E-state index contributed by atoms with van der Waals surface area (Å²) in [6.07, 6.45) is 0.377. The fourth-order valence-corrected chi connectivity index (χ4v) is 1.91. The number of H-pyrrole nitrogens is 1. The lowest BCUT2D eigenvalue weighted by atomic mass is 10.0. The molecule has 0 saturated heterocycles. The van der Waals surface area contributed by atoms with Gasteiger partial charge in [0.1, 0.15) is 0 Å².